The van der Waals surface area contributed by atoms with E-state index in [0.717, 1.165) is 51.7 Å². The Labute approximate surface area is 201 Å². The van der Waals surface area contributed by atoms with E-state index in [1.54, 1.807) is 6.07 Å². The van der Waals surface area contributed by atoms with Gasteiger partial charge in [-0.2, -0.15) is 5.26 Å². The molecule has 5 rings (SSSR count). The second-order valence-corrected chi connectivity index (χ2v) is 10.5. The van der Waals surface area contributed by atoms with Gasteiger partial charge in [0.1, 0.15) is 11.8 Å². The maximum absolute atomic E-state index is 11.7. The molecule has 0 radical (unpaired) electrons. The quantitative estimate of drug-likeness (QED) is 0.558. The zero-order valence-corrected chi connectivity index (χ0v) is 19.6. The smallest absolute Gasteiger partial charge is 0.310 e. The van der Waals surface area contributed by atoms with E-state index in [4.69, 9.17) is 4.74 Å². The first-order chi connectivity index (χ1) is 16.5. The summed E-state index contributed by atoms with van der Waals surface area (Å²) in [5.41, 5.74) is 1.40. The van der Waals surface area contributed by atoms with Gasteiger partial charge in [-0.25, -0.2) is 0 Å². The molecule has 0 amide bonds. The normalized spacial score (nSPS) is 24.7. The maximum Gasteiger partial charge on any atom is 0.310 e. The summed E-state index contributed by atoms with van der Waals surface area (Å²) in [5.74, 6) is 0.565. The van der Waals surface area contributed by atoms with Crippen LogP contribution in [-0.4, -0.2) is 54.8 Å². The molecule has 2 atom stereocenters. The van der Waals surface area contributed by atoms with E-state index in [2.05, 4.69) is 46.6 Å². The molecular weight excluding hydrogens is 426 g/mol. The molecule has 2 aromatic rings. The number of nitrogens with one attached hydrogen (secondary N) is 1. The molecule has 2 saturated carbocycles. The van der Waals surface area contributed by atoms with Crippen LogP contribution in [0.5, 0.6) is 5.75 Å². The molecule has 3 fully saturated rings. The van der Waals surface area contributed by atoms with E-state index in [1.807, 2.05) is 18.2 Å². The minimum absolute atomic E-state index is 0.0389. The summed E-state index contributed by atoms with van der Waals surface area (Å²) in [4.78, 5) is 14.0. The first kappa shape index (κ1) is 22.9. The first-order valence-corrected chi connectivity index (χ1v) is 12.4. The summed E-state index contributed by atoms with van der Waals surface area (Å²) in [6.45, 7) is 3.84. The second kappa shape index (κ2) is 9.40. The van der Waals surface area contributed by atoms with Gasteiger partial charge in [-0.1, -0.05) is 42.5 Å². The maximum atomic E-state index is 11.7. The van der Waals surface area contributed by atoms with E-state index in [-0.39, 0.29) is 5.41 Å². The average Bonchev–Trinajstić information content (AvgIpc) is 3.80. The Morgan fingerprint density at radius 3 is 2.47 bits per heavy atom. The molecule has 1 heterocycles. The predicted octanol–water partition coefficient (Wildman–Crippen LogP) is 4.03. The SMILES string of the molecule is N#Cc1ccccc1OCC1(CN[C@@H]2CC2c2ccccc2)CCN(CC2(C(=O)O)CC2)CC1. The molecule has 1 saturated heterocycles. The highest BCUT2D eigenvalue weighted by atomic mass is 16.5. The van der Waals surface area contributed by atoms with Crippen LogP contribution in [0, 0.1) is 22.2 Å². The van der Waals surface area contributed by atoms with E-state index in [9.17, 15) is 15.2 Å². The highest BCUT2D eigenvalue weighted by molar-refractivity contribution is 5.78. The van der Waals surface area contributed by atoms with Crippen LogP contribution in [0.4, 0.5) is 0 Å². The number of carbonyl (C=O) groups is 1. The van der Waals surface area contributed by atoms with Crippen molar-refractivity contribution in [1.82, 2.24) is 10.2 Å². The van der Waals surface area contributed by atoms with E-state index < -0.39 is 11.4 Å². The summed E-state index contributed by atoms with van der Waals surface area (Å²) in [6.07, 6.45) is 4.65. The predicted molar refractivity (Wildman–Crippen MR) is 130 cm³/mol. The third-order valence-corrected chi connectivity index (χ3v) is 8.05. The Hall–Kier alpha value is -2.88. The summed E-state index contributed by atoms with van der Waals surface area (Å²) in [6, 6.07) is 20.8. The number of nitrogens with zero attached hydrogens (tertiary/aromatic N) is 2. The number of nitriles is 1. The summed E-state index contributed by atoms with van der Waals surface area (Å²) >= 11 is 0. The first-order valence-electron chi connectivity index (χ1n) is 12.4. The van der Waals surface area contributed by atoms with Crippen molar-refractivity contribution in [3.8, 4) is 11.8 Å². The van der Waals surface area contributed by atoms with E-state index in [1.165, 1.54) is 5.56 Å². The standard InChI is InChI=1S/C28H33N3O3/c29-17-22-8-4-5-9-25(22)34-20-27(18-30-24-16-23(24)21-6-2-1-3-7-21)12-14-31(15-13-27)19-28(10-11-28)26(32)33/h1-9,23-24,30H,10-16,18-20H2,(H,32,33)/t23?,24-/m1/s1. The zero-order valence-electron chi connectivity index (χ0n) is 19.6. The molecule has 6 nitrogen and oxygen atoms in total. The minimum Gasteiger partial charge on any atom is -0.492 e. The van der Waals surface area contributed by atoms with Crippen LogP contribution >= 0.6 is 0 Å². The molecular formula is C28H33N3O3. The lowest BCUT2D eigenvalue weighted by Crippen LogP contribution is -2.50. The van der Waals surface area contributed by atoms with Gasteiger partial charge in [-0.05, 0) is 62.9 Å². The Morgan fingerprint density at radius 2 is 1.79 bits per heavy atom. The van der Waals surface area contributed by atoms with Crippen molar-refractivity contribution in [2.45, 2.75) is 44.1 Å². The van der Waals surface area contributed by atoms with Crippen molar-refractivity contribution >= 4 is 5.97 Å². The van der Waals surface area contributed by atoms with Crippen LogP contribution in [0.3, 0.4) is 0 Å². The van der Waals surface area contributed by atoms with E-state index >= 15 is 0 Å². The lowest BCUT2D eigenvalue weighted by molar-refractivity contribution is -0.144. The molecule has 2 aliphatic carbocycles. The second-order valence-electron chi connectivity index (χ2n) is 10.5. The number of hydrogen-bond acceptors (Lipinski definition) is 5. The number of para-hydroxylation sites is 1. The molecule has 34 heavy (non-hydrogen) atoms. The number of carboxylic acids is 1. The lowest BCUT2D eigenvalue weighted by Gasteiger charge is -2.42. The van der Waals surface area contributed by atoms with Gasteiger partial charge in [0.2, 0.25) is 0 Å². The topological polar surface area (TPSA) is 85.6 Å². The third-order valence-electron chi connectivity index (χ3n) is 8.05. The number of aliphatic carboxylic acids is 1. The monoisotopic (exact) mass is 459 g/mol. The van der Waals surface area contributed by atoms with Crippen LogP contribution in [-0.2, 0) is 4.79 Å². The minimum atomic E-state index is -0.650. The fraction of sp³-hybridized carbons (Fsp3) is 0.500. The Kier molecular flexibility index (Phi) is 6.33. The van der Waals surface area contributed by atoms with E-state index in [0.29, 0.717) is 36.4 Å². The van der Waals surface area contributed by atoms with Gasteiger partial charge in [0.15, 0.2) is 0 Å². The van der Waals surface area contributed by atoms with Crippen LogP contribution in [0.1, 0.15) is 49.1 Å². The van der Waals surface area contributed by atoms with Gasteiger partial charge >= 0.3 is 5.97 Å². The van der Waals surface area contributed by atoms with Crippen molar-refractivity contribution in [3.05, 3.63) is 65.7 Å². The Balaban J connectivity index is 1.23. The van der Waals surface area contributed by atoms with Crippen molar-refractivity contribution in [2.24, 2.45) is 10.8 Å². The van der Waals surface area contributed by atoms with Gasteiger partial charge in [-0.15, -0.1) is 0 Å². The summed E-state index contributed by atoms with van der Waals surface area (Å²) in [5, 5.41) is 22.8. The van der Waals surface area contributed by atoms with Crippen LogP contribution in [0.2, 0.25) is 0 Å². The lowest BCUT2D eigenvalue weighted by atomic mass is 9.78. The molecule has 1 aliphatic heterocycles. The molecule has 3 aliphatic rings. The average molecular weight is 460 g/mol. The number of rotatable bonds is 10. The molecule has 1 unspecified atom stereocenters. The van der Waals surface area contributed by atoms with Gasteiger partial charge in [0, 0.05) is 30.5 Å². The van der Waals surface area contributed by atoms with Gasteiger partial charge < -0.3 is 20.1 Å². The van der Waals surface area contributed by atoms with Gasteiger partial charge in [0.25, 0.3) is 0 Å². The van der Waals surface area contributed by atoms with Crippen molar-refractivity contribution in [3.63, 3.8) is 0 Å². The van der Waals surface area contributed by atoms with Crippen LogP contribution in [0.25, 0.3) is 0 Å². The van der Waals surface area contributed by atoms with Gasteiger partial charge in [0.05, 0.1) is 17.6 Å². The fourth-order valence-electron chi connectivity index (χ4n) is 5.33. The Morgan fingerprint density at radius 1 is 1.09 bits per heavy atom. The number of likely N-dealkylation sites (tertiary alicyclic amines) is 1. The number of piperidine rings is 1. The molecule has 0 aromatic heterocycles. The zero-order chi connectivity index (χ0) is 23.6. The molecule has 0 spiro atoms. The highest BCUT2D eigenvalue weighted by Crippen LogP contribution is 2.47. The van der Waals surface area contributed by atoms with Crippen LogP contribution in [0.15, 0.2) is 54.6 Å². The number of carboxylic acid groups (broad SMARTS) is 1. The third kappa shape index (κ3) is 4.96. The number of benzene rings is 2. The summed E-state index contributed by atoms with van der Waals surface area (Å²) in [7, 11) is 0. The fourth-order valence-corrected chi connectivity index (χ4v) is 5.33. The van der Waals surface area contributed by atoms with Crippen LogP contribution < -0.4 is 10.1 Å². The molecule has 2 aromatic carbocycles. The molecule has 2 N–H and O–H groups in total. The molecule has 6 heteroatoms. The molecule has 0 bridgehead atoms. The molecule has 178 valence electrons. The number of ether oxygens (including phenoxy) is 1. The van der Waals surface area contributed by atoms with Gasteiger partial charge in [-0.3, -0.25) is 4.79 Å². The van der Waals surface area contributed by atoms with Crippen molar-refractivity contribution in [2.75, 3.05) is 32.8 Å². The van der Waals surface area contributed by atoms with Crippen molar-refractivity contribution < 1.29 is 14.6 Å². The Bertz CT molecular complexity index is 1050. The largest absolute Gasteiger partial charge is 0.492 e. The number of hydrogen-bond donors (Lipinski definition) is 2. The highest BCUT2D eigenvalue weighted by Gasteiger charge is 2.52. The van der Waals surface area contributed by atoms with Crippen molar-refractivity contribution in [1.29, 1.82) is 5.26 Å². The summed E-state index contributed by atoms with van der Waals surface area (Å²) < 4.78 is 6.25.